The highest BCUT2D eigenvalue weighted by atomic mass is 35.5. The third-order valence-corrected chi connectivity index (χ3v) is 2.85. The molecule has 1 atom stereocenters. The number of halogens is 1. The van der Waals surface area contributed by atoms with E-state index in [0.29, 0.717) is 6.42 Å². The largest absolute Gasteiger partial charge is 0.281 e. The van der Waals surface area contributed by atoms with Crippen molar-refractivity contribution in [2.75, 3.05) is 0 Å². The van der Waals surface area contributed by atoms with Gasteiger partial charge in [0.1, 0.15) is 0 Å². The smallest absolute Gasteiger partial charge is 0.222 e. The average molecular weight is 187 g/mol. The minimum absolute atomic E-state index is 0.0804. The van der Waals surface area contributed by atoms with Crippen molar-refractivity contribution in [3.8, 4) is 0 Å². The average Bonchev–Trinajstić information content (AvgIpc) is 2.05. The number of hydrogen-bond acceptors (Lipinski definition) is 1. The molecule has 1 rings (SSSR count). The summed E-state index contributed by atoms with van der Waals surface area (Å²) in [5.74, 6) is 0. The summed E-state index contributed by atoms with van der Waals surface area (Å²) in [6.45, 7) is 2.12. The van der Waals surface area contributed by atoms with Crippen molar-refractivity contribution < 1.29 is 4.79 Å². The Hall–Kier alpha value is -0.300. The number of carbonyl (C=O) groups excluding carboxylic acids is 1. The molecule has 1 nitrogen and oxygen atoms in total. The van der Waals surface area contributed by atoms with Crippen molar-refractivity contribution in [2.45, 2.75) is 39.0 Å². The molecule has 0 N–H and O–H groups in total. The summed E-state index contributed by atoms with van der Waals surface area (Å²) in [5, 5.41) is -0.205. The van der Waals surface area contributed by atoms with Crippen LogP contribution < -0.4 is 0 Å². The van der Waals surface area contributed by atoms with Crippen molar-refractivity contribution in [3.63, 3.8) is 0 Å². The zero-order valence-electron chi connectivity index (χ0n) is 7.48. The van der Waals surface area contributed by atoms with Crippen LogP contribution in [0, 0.1) is 5.41 Å². The number of allylic oxidation sites excluding steroid dienone is 2. The highest BCUT2D eigenvalue weighted by molar-refractivity contribution is 6.63. The summed E-state index contributed by atoms with van der Waals surface area (Å²) in [4.78, 5) is 10.8. The number of carbonyl (C=O) groups is 1. The molecule has 1 aliphatic rings. The molecule has 1 unspecified atom stereocenters. The summed E-state index contributed by atoms with van der Waals surface area (Å²) >= 11 is 5.41. The van der Waals surface area contributed by atoms with Gasteiger partial charge in [0.05, 0.1) is 0 Å². The molecule has 0 saturated carbocycles. The third kappa shape index (κ3) is 2.34. The van der Waals surface area contributed by atoms with Crippen LogP contribution in [0.5, 0.6) is 0 Å². The quantitative estimate of drug-likeness (QED) is 0.489. The van der Waals surface area contributed by atoms with E-state index >= 15 is 0 Å². The van der Waals surface area contributed by atoms with Gasteiger partial charge in [0.15, 0.2) is 0 Å². The summed E-state index contributed by atoms with van der Waals surface area (Å²) in [7, 11) is 0. The van der Waals surface area contributed by atoms with Crippen LogP contribution in [0.3, 0.4) is 0 Å². The molecule has 0 aliphatic heterocycles. The SMILES string of the molecule is CCC1(CC(=O)Cl)C=CCCC1. The van der Waals surface area contributed by atoms with Crippen molar-refractivity contribution in [3.05, 3.63) is 12.2 Å². The molecule has 0 spiro atoms. The second-order valence-corrected chi connectivity index (χ2v) is 3.96. The lowest BCUT2D eigenvalue weighted by molar-refractivity contribution is -0.113. The topological polar surface area (TPSA) is 17.1 Å². The van der Waals surface area contributed by atoms with Crippen molar-refractivity contribution in [2.24, 2.45) is 5.41 Å². The predicted octanol–water partition coefficient (Wildman–Crippen LogP) is 3.28. The fraction of sp³-hybridized carbons (Fsp3) is 0.700. The molecule has 0 aromatic heterocycles. The Morgan fingerprint density at radius 1 is 1.67 bits per heavy atom. The molecule has 0 aromatic carbocycles. The first kappa shape index (κ1) is 9.79. The molecule has 1 aliphatic carbocycles. The Kier molecular flexibility index (Phi) is 3.33. The zero-order valence-corrected chi connectivity index (χ0v) is 8.23. The molecule has 68 valence electrons. The first-order chi connectivity index (χ1) is 5.68. The molecule has 0 bridgehead atoms. The van der Waals surface area contributed by atoms with Crippen LogP contribution in [0.1, 0.15) is 39.0 Å². The molecule has 0 fully saturated rings. The van der Waals surface area contributed by atoms with Crippen LogP contribution in [0.2, 0.25) is 0 Å². The monoisotopic (exact) mass is 186 g/mol. The maximum atomic E-state index is 10.8. The van der Waals surface area contributed by atoms with Gasteiger partial charge in [0.2, 0.25) is 5.24 Å². The Balaban J connectivity index is 2.66. The normalized spacial score (nSPS) is 28.8. The molecule has 0 heterocycles. The zero-order chi connectivity index (χ0) is 9.03. The van der Waals surface area contributed by atoms with E-state index in [0.717, 1.165) is 19.3 Å². The van der Waals surface area contributed by atoms with Crippen molar-refractivity contribution in [1.82, 2.24) is 0 Å². The molecular weight excluding hydrogens is 172 g/mol. The summed E-state index contributed by atoms with van der Waals surface area (Å²) in [5.41, 5.74) is 0.0804. The lowest BCUT2D eigenvalue weighted by Gasteiger charge is -2.30. The lowest BCUT2D eigenvalue weighted by Crippen LogP contribution is -2.21. The molecule has 2 heteroatoms. The van der Waals surface area contributed by atoms with Crippen molar-refractivity contribution in [1.29, 1.82) is 0 Å². The summed E-state index contributed by atoms with van der Waals surface area (Å²) in [6.07, 6.45) is 9.32. The van der Waals surface area contributed by atoms with E-state index in [-0.39, 0.29) is 10.7 Å². The van der Waals surface area contributed by atoms with Gasteiger partial charge in [-0.3, -0.25) is 4.79 Å². The minimum atomic E-state index is -0.205. The minimum Gasteiger partial charge on any atom is -0.281 e. The van der Waals surface area contributed by atoms with E-state index in [9.17, 15) is 4.79 Å². The van der Waals surface area contributed by atoms with Gasteiger partial charge in [0.25, 0.3) is 0 Å². The van der Waals surface area contributed by atoms with Gasteiger partial charge in [0, 0.05) is 6.42 Å². The fourth-order valence-corrected chi connectivity index (χ4v) is 2.10. The molecule has 12 heavy (non-hydrogen) atoms. The van der Waals surface area contributed by atoms with Crippen LogP contribution in [0.25, 0.3) is 0 Å². The lowest BCUT2D eigenvalue weighted by atomic mass is 9.75. The number of hydrogen-bond donors (Lipinski definition) is 0. The standard InChI is InChI=1S/C10H15ClO/c1-2-10(8-9(11)12)6-4-3-5-7-10/h4,6H,2-3,5,7-8H2,1H3. The van der Waals surface area contributed by atoms with Gasteiger partial charge in [-0.05, 0) is 42.7 Å². The second kappa shape index (κ2) is 4.08. The van der Waals surface area contributed by atoms with Crippen molar-refractivity contribution >= 4 is 16.8 Å². The van der Waals surface area contributed by atoms with E-state index in [2.05, 4.69) is 19.1 Å². The van der Waals surface area contributed by atoms with Crippen LogP contribution in [-0.2, 0) is 4.79 Å². The Labute approximate surface area is 78.8 Å². The molecule has 0 aromatic rings. The van der Waals surface area contributed by atoms with E-state index in [1.807, 2.05) is 0 Å². The molecule has 0 amide bonds. The van der Waals surface area contributed by atoms with E-state index in [4.69, 9.17) is 11.6 Å². The summed E-state index contributed by atoms with van der Waals surface area (Å²) < 4.78 is 0. The van der Waals surface area contributed by atoms with Gasteiger partial charge in [-0.2, -0.15) is 0 Å². The number of rotatable bonds is 3. The van der Waals surface area contributed by atoms with Gasteiger partial charge in [-0.25, -0.2) is 0 Å². The molecule has 0 saturated heterocycles. The Morgan fingerprint density at radius 2 is 2.42 bits per heavy atom. The Morgan fingerprint density at radius 3 is 2.83 bits per heavy atom. The highest BCUT2D eigenvalue weighted by Crippen LogP contribution is 2.38. The van der Waals surface area contributed by atoms with Gasteiger partial charge < -0.3 is 0 Å². The van der Waals surface area contributed by atoms with Crippen LogP contribution >= 0.6 is 11.6 Å². The second-order valence-electron chi connectivity index (χ2n) is 3.54. The van der Waals surface area contributed by atoms with Gasteiger partial charge in [-0.15, -0.1) is 0 Å². The van der Waals surface area contributed by atoms with Gasteiger partial charge >= 0.3 is 0 Å². The van der Waals surface area contributed by atoms with Gasteiger partial charge in [-0.1, -0.05) is 19.1 Å². The maximum Gasteiger partial charge on any atom is 0.222 e. The van der Waals surface area contributed by atoms with Crippen LogP contribution in [-0.4, -0.2) is 5.24 Å². The highest BCUT2D eigenvalue weighted by Gasteiger charge is 2.28. The van der Waals surface area contributed by atoms with E-state index in [1.54, 1.807) is 0 Å². The van der Waals surface area contributed by atoms with E-state index in [1.165, 1.54) is 6.42 Å². The van der Waals surface area contributed by atoms with Crippen LogP contribution in [0.15, 0.2) is 12.2 Å². The Bertz CT molecular complexity index is 198. The maximum absolute atomic E-state index is 10.8. The third-order valence-electron chi connectivity index (χ3n) is 2.71. The predicted molar refractivity (Wildman–Crippen MR) is 51.2 cm³/mol. The first-order valence-corrected chi connectivity index (χ1v) is 4.92. The summed E-state index contributed by atoms with van der Waals surface area (Å²) in [6, 6.07) is 0. The first-order valence-electron chi connectivity index (χ1n) is 4.54. The van der Waals surface area contributed by atoms with Crippen LogP contribution in [0.4, 0.5) is 0 Å². The molecular formula is C10H15ClO. The van der Waals surface area contributed by atoms with E-state index < -0.39 is 0 Å². The fourth-order valence-electron chi connectivity index (χ4n) is 1.83. The molecule has 0 radical (unpaired) electrons.